The van der Waals surface area contributed by atoms with Gasteiger partial charge < -0.3 is 21.5 Å². The standard InChI is InChI=1S/C17H18F3N7O3/c1-8-6-9(24-14-23-7-22-13(21)25-14)12(29)27-10(8)11(28)26-16(27)4-2-15(30,3-5-16)17(18,19)20/h6-7,30H,2-5H2,1H3,(H,26,28)(H3,21,22,23,24,25)/t15-,16+. The molecule has 13 heteroatoms. The molecular weight excluding hydrogens is 407 g/mol. The van der Waals surface area contributed by atoms with E-state index in [1.807, 2.05) is 0 Å². The highest BCUT2D eigenvalue weighted by Crippen LogP contribution is 2.47. The molecule has 2 aromatic rings. The molecule has 0 saturated heterocycles. The van der Waals surface area contributed by atoms with Crippen LogP contribution in [0.25, 0.3) is 0 Å². The molecule has 0 unspecified atom stereocenters. The van der Waals surface area contributed by atoms with Gasteiger partial charge in [0.25, 0.3) is 11.5 Å². The lowest BCUT2D eigenvalue weighted by molar-refractivity contribution is -0.275. The van der Waals surface area contributed by atoms with Crippen LogP contribution in [0.4, 0.5) is 30.8 Å². The number of fused-ring (bicyclic) bond motifs is 2. The summed E-state index contributed by atoms with van der Waals surface area (Å²) in [7, 11) is 0. The first-order valence-corrected chi connectivity index (χ1v) is 9.06. The quantitative estimate of drug-likeness (QED) is 0.555. The van der Waals surface area contributed by atoms with Crippen molar-refractivity contribution in [3.05, 3.63) is 34.0 Å². The molecule has 0 bridgehead atoms. The molecule has 5 N–H and O–H groups in total. The maximum atomic E-state index is 13.2. The zero-order valence-corrected chi connectivity index (χ0v) is 15.7. The van der Waals surface area contributed by atoms with Gasteiger partial charge in [-0.1, -0.05) is 0 Å². The van der Waals surface area contributed by atoms with Crippen LogP contribution in [0.2, 0.25) is 0 Å². The normalized spacial score (nSPS) is 25.8. The van der Waals surface area contributed by atoms with E-state index in [1.165, 1.54) is 10.6 Å². The van der Waals surface area contributed by atoms with Crippen molar-refractivity contribution in [1.29, 1.82) is 0 Å². The molecule has 0 radical (unpaired) electrons. The van der Waals surface area contributed by atoms with Gasteiger partial charge >= 0.3 is 6.18 Å². The molecule has 2 aliphatic rings. The molecule has 160 valence electrons. The highest BCUT2D eigenvalue weighted by molar-refractivity contribution is 5.97. The van der Waals surface area contributed by atoms with E-state index in [2.05, 4.69) is 25.6 Å². The van der Waals surface area contributed by atoms with Gasteiger partial charge in [-0.05, 0) is 44.2 Å². The van der Waals surface area contributed by atoms with Gasteiger partial charge in [0.1, 0.15) is 23.4 Å². The van der Waals surface area contributed by atoms with Gasteiger partial charge in [-0.25, -0.2) is 9.97 Å². The molecule has 1 amide bonds. The minimum Gasteiger partial charge on any atom is -0.380 e. The topological polar surface area (TPSA) is 148 Å². The van der Waals surface area contributed by atoms with E-state index in [4.69, 9.17) is 5.73 Å². The SMILES string of the molecule is Cc1cc(Nc2ncnc(N)n2)c(=O)n2c1C(=O)N[C@]21CC[C@@](O)(C(F)(F)F)CC1. The Kier molecular flexibility index (Phi) is 4.27. The Morgan fingerprint density at radius 1 is 1.23 bits per heavy atom. The number of anilines is 3. The predicted molar refractivity (Wildman–Crippen MR) is 97.9 cm³/mol. The lowest BCUT2D eigenvalue weighted by atomic mass is 9.78. The smallest absolute Gasteiger partial charge is 0.380 e. The Hall–Kier alpha value is -3.22. The van der Waals surface area contributed by atoms with Gasteiger partial charge in [0.05, 0.1) is 0 Å². The number of nitrogens with one attached hydrogen (secondary N) is 2. The fraction of sp³-hybridized carbons (Fsp3) is 0.471. The number of pyridine rings is 1. The number of halogens is 3. The van der Waals surface area contributed by atoms with Crippen LogP contribution < -0.4 is 21.9 Å². The average Bonchev–Trinajstić information content (AvgIpc) is 2.94. The molecule has 4 rings (SSSR count). The highest BCUT2D eigenvalue weighted by atomic mass is 19.4. The third-order valence-electron chi connectivity index (χ3n) is 5.65. The number of amides is 1. The van der Waals surface area contributed by atoms with Crippen LogP contribution in [0.1, 0.15) is 41.7 Å². The number of nitrogens with two attached hydrogens (primary N) is 1. The zero-order chi connectivity index (χ0) is 21.9. The molecule has 1 spiro atoms. The molecule has 1 aliphatic heterocycles. The fourth-order valence-electron chi connectivity index (χ4n) is 4.05. The lowest BCUT2D eigenvalue weighted by Gasteiger charge is -2.43. The van der Waals surface area contributed by atoms with Crippen LogP contribution >= 0.6 is 0 Å². The first-order chi connectivity index (χ1) is 14.0. The maximum Gasteiger partial charge on any atom is 0.417 e. The van der Waals surface area contributed by atoms with Crippen molar-refractivity contribution in [2.24, 2.45) is 0 Å². The van der Waals surface area contributed by atoms with Gasteiger partial charge in [0.15, 0.2) is 5.60 Å². The highest BCUT2D eigenvalue weighted by Gasteiger charge is 2.59. The molecule has 3 heterocycles. The molecule has 10 nitrogen and oxygen atoms in total. The van der Waals surface area contributed by atoms with E-state index in [9.17, 15) is 27.9 Å². The number of rotatable bonds is 2. The van der Waals surface area contributed by atoms with Crippen molar-refractivity contribution in [2.75, 3.05) is 11.1 Å². The second-order valence-electron chi connectivity index (χ2n) is 7.54. The average molecular weight is 425 g/mol. The summed E-state index contributed by atoms with van der Waals surface area (Å²) in [6.07, 6.45) is -5.48. The number of carbonyl (C=O) groups excluding carboxylic acids is 1. The molecule has 30 heavy (non-hydrogen) atoms. The predicted octanol–water partition coefficient (Wildman–Crippen LogP) is 0.931. The number of carbonyl (C=O) groups is 1. The van der Waals surface area contributed by atoms with Crippen LogP contribution in [0.15, 0.2) is 17.2 Å². The largest absolute Gasteiger partial charge is 0.417 e. The monoisotopic (exact) mass is 425 g/mol. The van der Waals surface area contributed by atoms with E-state index in [1.54, 1.807) is 6.92 Å². The lowest BCUT2D eigenvalue weighted by Crippen LogP contribution is -2.57. The van der Waals surface area contributed by atoms with Crippen LogP contribution in [0, 0.1) is 6.92 Å². The van der Waals surface area contributed by atoms with Gasteiger partial charge in [0, 0.05) is 0 Å². The number of aromatic nitrogens is 4. The number of alkyl halides is 3. The molecular formula is C17H18F3N7O3. The van der Waals surface area contributed by atoms with Crippen molar-refractivity contribution in [2.45, 2.75) is 50.0 Å². The van der Waals surface area contributed by atoms with Gasteiger partial charge in [0.2, 0.25) is 11.9 Å². The number of hydrogen-bond donors (Lipinski definition) is 4. The zero-order valence-electron chi connectivity index (χ0n) is 15.7. The van der Waals surface area contributed by atoms with Crippen molar-refractivity contribution >= 4 is 23.5 Å². The number of aryl methyl sites for hydroxylation is 1. The summed E-state index contributed by atoms with van der Waals surface area (Å²) in [4.78, 5) is 37.1. The van der Waals surface area contributed by atoms with Crippen LogP contribution in [0.5, 0.6) is 0 Å². The summed E-state index contributed by atoms with van der Waals surface area (Å²) in [6.45, 7) is 1.60. The van der Waals surface area contributed by atoms with Crippen LogP contribution in [-0.2, 0) is 5.66 Å². The first-order valence-electron chi connectivity index (χ1n) is 9.06. The Morgan fingerprint density at radius 3 is 2.50 bits per heavy atom. The Morgan fingerprint density at radius 2 is 1.90 bits per heavy atom. The Labute approximate surface area is 167 Å². The molecule has 2 aromatic heterocycles. The van der Waals surface area contributed by atoms with Crippen LogP contribution in [0.3, 0.4) is 0 Å². The second kappa shape index (κ2) is 6.39. The third kappa shape index (κ3) is 2.96. The van der Waals surface area contributed by atoms with Gasteiger partial charge in [-0.15, -0.1) is 0 Å². The summed E-state index contributed by atoms with van der Waals surface area (Å²) < 4.78 is 40.8. The molecule has 0 aromatic carbocycles. The Bertz CT molecular complexity index is 1090. The summed E-state index contributed by atoms with van der Waals surface area (Å²) in [5.41, 5.74) is 1.18. The second-order valence-corrected chi connectivity index (χ2v) is 7.54. The summed E-state index contributed by atoms with van der Waals surface area (Å²) in [5, 5.41) is 15.4. The van der Waals surface area contributed by atoms with Crippen molar-refractivity contribution in [3.63, 3.8) is 0 Å². The summed E-state index contributed by atoms with van der Waals surface area (Å²) >= 11 is 0. The fourth-order valence-corrected chi connectivity index (χ4v) is 4.05. The summed E-state index contributed by atoms with van der Waals surface area (Å²) in [6, 6.07) is 1.43. The van der Waals surface area contributed by atoms with E-state index in [0.717, 1.165) is 6.33 Å². The van der Waals surface area contributed by atoms with Crippen molar-refractivity contribution in [1.82, 2.24) is 24.8 Å². The van der Waals surface area contributed by atoms with Crippen molar-refractivity contribution < 1.29 is 23.1 Å². The molecule has 1 aliphatic carbocycles. The molecule has 0 atom stereocenters. The van der Waals surface area contributed by atoms with Gasteiger partial charge in [-0.2, -0.15) is 18.2 Å². The minimum absolute atomic E-state index is 0.000901. The van der Waals surface area contributed by atoms with Crippen LogP contribution in [-0.4, -0.2) is 42.3 Å². The maximum absolute atomic E-state index is 13.2. The van der Waals surface area contributed by atoms with E-state index < -0.39 is 41.7 Å². The minimum atomic E-state index is -4.80. The van der Waals surface area contributed by atoms with E-state index in [-0.39, 0.29) is 36.1 Å². The number of nitrogen functional groups attached to an aromatic ring is 1. The number of aliphatic hydroxyl groups is 1. The first kappa shape index (κ1) is 20.1. The van der Waals surface area contributed by atoms with E-state index in [0.29, 0.717) is 5.56 Å². The number of nitrogens with zero attached hydrogens (tertiary/aromatic N) is 4. The van der Waals surface area contributed by atoms with Crippen molar-refractivity contribution in [3.8, 4) is 0 Å². The third-order valence-corrected chi connectivity index (χ3v) is 5.65. The van der Waals surface area contributed by atoms with Gasteiger partial charge in [-0.3, -0.25) is 14.2 Å². The van der Waals surface area contributed by atoms with E-state index >= 15 is 0 Å². The number of hydrogen-bond acceptors (Lipinski definition) is 8. The Balaban J connectivity index is 1.76. The molecule has 1 saturated carbocycles. The molecule has 1 fully saturated rings. The summed E-state index contributed by atoms with van der Waals surface area (Å²) in [5.74, 6) is -0.628.